The van der Waals surface area contributed by atoms with Gasteiger partial charge in [-0.15, -0.1) is 0 Å². The normalized spacial score (nSPS) is 15.0. The van der Waals surface area contributed by atoms with Crippen LogP contribution >= 0.6 is 0 Å². The molecule has 0 spiro atoms. The van der Waals surface area contributed by atoms with Gasteiger partial charge in [-0.05, 0) is 44.6 Å². The van der Waals surface area contributed by atoms with E-state index in [9.17, 15) is 4.79 Å². The van der Waals surface area contributed by atoms with Crippen molar-refractivity contribution in [2.75, 3.05) is 24.6 Å². The van der Waals surface area contributed by atoms with E-state index < -0.39 is 0 Å². The van der Waals surface area contributed by atoms with Gasteiger partial charge in [-0.2, -0.15) is 14.6 Å². The zero-order valence-corrected chi connectivity index (χ0v) is 17.0. The molecule has 1 aromatic carbocycles. The number of benzene rings is 1. The second-order valence-corrected chi connectivity index (χ2v) is 7.45. The number of hydrogen-bond acceptors (Lipinski definition) is 6. The molecule has 1 saturated heterocycles. The molecule has 1 aliphatic rings. The third-order valence-corrected chi connectivity index (χ3v) is 5.65. The van der Waals surface area contributed by atoms with Crippen LogP contribution in [0.3, 0.4) is 0 Å². The molecular formula is C22H27N5O2. The fourth-order valence-electron chi connectivity index (χ4n) is 4.20. The maximum atomic E-state index is 11.9. The molecule has 0 unspecified atom stereocenters. The minimum absolute atomic E-state index is 0.181. The molecule has 29 heavy (non-hydrogen) atoms. The number of rotatable bonds is 6. The van der Waals surface area contributed by atoms with Crippen molar-refractivity contribution in [1.82, 2.24) is 19.6 Å². The first-order chi connectivity index (χ1) is 14.2. The molecule has 0 radical (unpaired) electrons. The summed E-state index contributed by atoms with van der Waals surface area (Å²) >= 11 is 0. The van der Waals surface area contributed by atoms with Crippen molar-refractivity contribution in [2.45, 2.75) is 45.4 Å². The molecule has 3 heterocycles. The van der Waals surface area contributed by atoms with Crippen LogP contribution < -0.4 is 4.90 Å². The Hall–Kier alpha value is -2.96. The van der Waals surface area contributed by atoms with Gasteiger partial charge in [-0.25, -0.2) is 4.98 Å². The zero-order valence-electron chi connectivity index (χ0n) is 17.0. The topological polar surface area (TPSA) is 72.6 Å². The first-order valence-electron chi connectivity index (χ1n) is 10.3. The molecule has 7 heteroatoms. The first-order valence-corrected chi connectivity index (χ1v) is 10.3. The Labute approximate surface area is 170 Å². The third kappa shape index (κ3) is 4.09. The Morgan fingerprint density at radius 2 is 1.97 bits per heavy atom. The quantitative estimate of drug-likeness (QED) is 0.598. The molecule has 0 bridgehead atoms. The van der Waals surface area contributed by atoms with Crippen molar-refractivity contribution in [3.8, 4) is 0 Å². The van der Waals surface area contributed by atoms with Crippen LogP contribution in [0.2, 0.25) is 0 Å². The third-order valence-electron chi connectivity index (χ3n) is 5.65. The molecule has 1 aliphatic heterocycles. The number of nitrogens with zero attached hydrogens (tertiary/aromatic N) is 5. The SMILES string of the molecule is CCOC(=O)CCc1c(C)nc2ncnn2c1N1CCC(c2ccccc2)CC1. The average Bonchev–Trinajstić information content (AvgIpc) is 3.21. The molecule has 0 saturated carbocycles. The van der Waals surface area contributed by atoms with Crippen molar-refractivity contribution in [1.29, 1.82) is 0 Å². The van der Waals surface area contributed by atoms with Crippen LogP contribution in [-0.4, -0.2) is 45.2 Å². The first kappa shape index (κ1) is 19.4. The van der Waals surface area contributed by atoms with Crippen molar-refractivity contribution >= 4 is 17.6 Å². The summed E-state index contributed by atoms with van der Waals surface area (Å²) in [5.41, 5.74) is 3.36. The Kier molecular flexibility index (Phi) is 5.74. The van der Waals surface area contributed by atoms with Gasteiger partial charge in [-0.3, -0.25) is 4.79 Å². The van der Waals surface area contributed by atoms with Gasteiger partial charge in [0.15, 0.2) is 0 Å². The van der Waals surface area contributed by atoms with E-state index in [-0.39, 0.29) is 5.97 Å². The Morgan fingerprint density at radius 3 is 2.69 bits per heavy atom. The smallest absolute Gasteiger partial charge is 0.306 e. The van der Waals surface area contributed by atoms with Gasteiger partial charge >= 0.3 is 5.97 Å². The van der Waals surface area contributed by atoms with Gasteiger partial charge in [0.05, 0.1) is 6.61 Å². The summed E-state index contributed by atoms with van der Waals surface area (Å²) in [6, 6.07) is 10.7. The molecule has 1 fully saturated rings. The number of aromatic nitrogens is 4. The number of fused-ring (bicyclic) bond motifs is 1. The van der Waals surface area contributed by atoms with E-state index in [0.29, 0.717) is 31.1 Å². The number of anilines is 1. The van der Waals surface area contributed by atoms with E-state index in [2.05, 4.69) is 50.3 Å². The van der Waals surface area contributed by atoms with Crippen LogP contribution in [0.1, 0.15) is 48.9 Å². The van der Waals surface area contributed by atoms with E-state index in [0.717, 1.165) is 43.0 Å². The van der Waals surface area contributed by atoms with Crippen molar-refractivity contribution in [2.24, 2.45) is 0 Å². The summed E-state index contributed by atoms with van der Waals surface area (Å²) in [5.74, 6) is 2.01. The molecule has 3 aromatic rings. The lowest BCUT2D eigenvalue weighted by atomic mass is 9.89. The van der Waals surface area contributed by atoms with Crippen molar-refractivity contribution in [3.05, 3.63) is 53.5 Å². The molecule has 0 N–H and O–H groups in total. The molecular weight excluding hydrogens is 366 g/mol. The summed E-state index contributed by atoms with van der Waals surface area (Å²) in [6.07, 6.45) is 4.63. The minimum atomic E-state index is -0.181. The number of piperidine rings is 1. The maximum Gasteiger partial charge on any atom is 0.306 e. The molecule has 0 atom stereocenters. The minimum Gasteiger partial charge on any atom is -0.466 e. The van der Waals surface area contributed by atoms with Crippen LogP contribution in [0.4, 0.5) is 5.82 Å². The number of esters is 1. The highest BCUT2D eigenvalue weighted by molar-refractivity contribution is 5.70. The van der Waals surface area contributed by atoms with Crippen LogP contribution in [0.5, 0.6) is 0 Å². The summed E-state index contributed by atoms with van der Waals surface area (Å²) < 4.78 is 6.93. The highest BCUT2D eigenvalue weighted by Crippen LogP contribution is 2.33. The van der Waals surface area contributed by atoms with E-state index >= 15 is 0 Å². The summed E-state index contributed by atoms with van der Waals surface area (Å²) in [5, 5.41) is 4.42. The van der Waals surface area contributed by atoms with E-state index in [1.54, 1.807) is 0 Å². The molecule has 4 rings (SSSR count). The molecule has 2 aromatic heterocycles. The second kappa shape index (κ2) is 8.59. The number of carbonyl (C=O) groups is 1. The van der Waals surface area contributed by atoms with Gasteiger partial charge < -0.3 is 9.64 Å². The Balaban J connectivity index is 1.59. The largest absolute Gasteiger partial charge is 0.466 e. The molecule has 7 nitrogen and oxygen atoms in total. The van der Waals surface area contributed by atoms with Gasteiger partial charge in [-0.1, -0.05) is 30.3 Å². The average molecular weight is 393 g/mol. The number of carbonyl (C=O) groups excluding carboxylic acids is 1. The predicted molar refractivity (Wildman–Crippen MR) is 111 cm³/mol. The molecule has 0 aliphatic carbocycles. The highest BCUT2D eigenvalue weighted by atomic mass is 16.5. The van der Waals surface area contributed by atoms with E-state index in [1.807, 2.05) is 18.4 Å². The van der Waals surface area contributed by atoms with Crippen molar-refractivity contribution in [3.63, 3.8) is 0 Å². The molecule has 152 valence electrons. The number of ether oxygens (including phenoxy) is 1. The van der Waals surface area contributed by atoms with E-state index in [1.165, 1.54) is 11.9 Å². The lowest BCUT2D eigenvalue weighted by molar-refractivity contribution is -0.143. The summed E-state index contributed by atoms with van der Waals surface area (Å²) in [6.45, 7) is 6.08. The lowest BCUT2D eigenvalue weighted by Gasteiger charge is -2.35. The number of hydrogen-bond donors (Lipinski definition) is 0. The fourth-order valence-corrected chi connectivity index (χ4v) is 4.20. The monoisotopic (exact) mass is 393 g/mol. The predicted octanol–water partition coefficient (Wildman–Crippen LogP) is 3.31. The van der Waals surface area contributed by atoms with Gasteiger partial charge in [0.2, 0.25) is 0 Å². The zero-order chi connectivity index (χ0) is 20.2. The molecule has 0 amide bonds. The van der Waals surface area contributed by atoms with E-state index in [4.69, 9.17) is 4.74 Å². The summed E-state index contributed by atoms with van der Waals surface area (Å²) in [4.78, 5) is 23.2. The van der Waals surface area contributed by atoms with Gasteiger partial charge in [0.1, 0.15) is 12.1 Å². The van der Waals surface area contributed by atoms with Crippen molar-refractivity contribution < 1.29 is 9.53 Å². The Morgan fingerprint density at radius 1 is 1.21 bits per heavy atom. The van der Waals surface area contributed by atoms with Crippen LogP contribution in [0.25, 0.3) is 5.78 Å². The highest BCUT2D eigenvalue weighted by Gasteiger charge is 2.26. The van der Waals surface area contributed by atoms with Crippen LogP contribution in [0, 0.1) is 6.92 Å². The second-order valence-electron chi connectivity index (χ2n) is 7.45. The fraction of sp³-hybridized carbons (Fsp3) is 0.455. The summed E-state index contributed by atoms with van der Waals surface area (Å²) in [7, 11) is 0. The lowest BCUT2D eigenvalue weighted by Crippen LogP contribution is -2.35. The van der Waals surface area contributed by atoms with Gasteiger partial charge in [0, 0.05) is 30.8 Å². The maximum absolute atomic E-state index is 11.9. The van der Waals surface area contributed by atoms with Crippen LogP contribution in [-0.2, 0) is 16.0 Å². The number of aryl methyl sites for hydroxylation is 1. The van der Waals surface area contributed by atoms with Crippen LogP contribution in [0.15, 0.2) is 36.7 Å². The standard InChI is InChI=1S/C22H27N5O2/c1-3-29-20(28)10-9-19-16(2)25-22-23-15-24-27(22)21(19)26-13-11-18(12-14-26)17-7-5-4-6-8-17/h4-8,15,18H,3,9-14H2,1-2H3. The van der Waals surface area contributed by atoms with Gasteiger partial charge in [0.25, 0.3) is 5.78 Å². The Bertz CT molecular complexity index is 978.